The largest absolute Gasteiger partial charge is 0.222 e. The van der Waals surface area contributed by atoms with Crippen molar-refractivity contribution in [2.45, 2.75) is 19.6 Å². The van der Waals surface area contributed by atoms with Crippen molar-refractivity contribution in [3.8, 4) is 0 Å². The third-order valence-corrected chi connectivity index (χ3v) is 3.99. The standard InChI is InChI=1S/C9H13N3Si/c1-13(2,3)9-6-4-5-8-10-7-11-12(8)9/h4-7H,1-3H3. The molecule has 0 fully saturated rings. The molecule has 0 unspecified atom stereocenters. The monoisotopic (exact) mass is 191 g/mol. The van der Waals surface area contributed by atoms with Gasteiger partial charge in [0.15, 0.2) is 5.65 Å². The van der Waals surface area contributed by atoms with Gasteiger partial charge in [0.2, 0.25) is 0 Å². The van der Waals surface area contributed by atoms with Crippen LogP contribution < -0.4 is 5.32 Å². The lowest BCUT2D eigenvalue weighted by molar-refractivity contribution is 0.985. The molecule has 2 aromatic rings. The van der Waals surface area contributed by atoms with Crippen molar-refractivity contribution < 1.29 is 0 Å². The number of aromatic nitrogens is 3. The first-order valence-corrected chi connectivity index (χ1v) is 7.88. The van der Waals surface area contributed by atoms with Crippen LogP contribution in [0.4, 0.5) is 0 Å². The Morgan fingerprint density at radius 1 is 1.23 bits per heavy atom. The van der Waals surface area contributed by atoms with Crippen LogP contribution in [0.15, 0.2) is 24.5 Å². The molecule has 0 bridgehead atoms. The molecule has 13 heavy (non-hydrogen) atoms. The van der Waals surface area contributed by atoms with Crippen molar-refractivity contribution in [3.05, 3.63) is 24.5 Å². The Balaban J connectivity index is 2.75. The maximum atomic E-state index is 4.23. The van der Waals surface area contributed by atoms with Crippen LogP contribution in [0.2, 0.25) is 19.6 Å². The first kappa shape index (κ1) is 8.44. The average Bonchev–Trinajstić information content (AvgIpc) is 2.48. The molecule has 0 aliphatic heterocycles. The van der Waals surface area contributed by atoms with E-state index in [0.717, 1.165) is 5.65 Å². The van der Waals surface area contributed by atoms with Gasteiger partial charge in [0.25, 0.3) is 0 Å². The second-order valence-corrected chi connectivity index (χ2v) is 9.20. The minimum atomic E-state index is -1.30. The maximum Gasteiger partial charge on any atom is 0.155 e. The summed E-state index contributed by atoms with van der Waals surface area (Å²) in [5, 5.41) is 5.55. The summed E-state index contributed by atoms with van der Waals surface area (Å²) in [4.78, 5) is 4.17. The average molecular weight is 191 g/mol. The van der Waals surface area contributed by atoms with Crippen LogP contribution in [0.25, 0.3) is 5.65 Å². The summed E-state index contributed by atoms with van der Waals surface area (Å²) in [6, 6.07) is 6.18. The first-order valence-electron chi connectivity index (χ1n) is 4.38. The van der Waals surface area contributed by atoms with E-state index in [0.29, 0.717) is 0 Å². The van der Waals surface area contributed by atoms with Crippen molar-refractivity contribution in [1.29, 1.82) is 0 Å². The molecule has 0 spiro atoms. The van der Waals surface area contributed by atoms with Crippen molar-refractivity contribution in [1.82, 2.24) is 14.6 Å². The lowest BCUT2D eigenvalue weighted by Crippen LogP contribution is -2.42. The van der Waals surface area contributed by atoms with Gasteiger partial charge in [0, 0.05) is 5.32 Å². The molecule has 0 amide bonds. The molecule has 2 rings (SSSR count). The van der Waals surface area contributed by atoms with Crippen LogP contribution in [0.3, 0.4) is 0 Å². The fourth-order valence-corrected chi connectivity index (χ4v) is 2.82. The molecular weight excluding hydrogens is 178 g/mol. The van der Waals surface area contributed by atoms with E-state index in [2.05, 4.69) is 41.9 Å². The Bertz CT molecular complexity index is 428. The summed E-state index contributed by atoms with van der Waals surface area (Å²) < 4.78 is 1.95. The van der Waals surface area contributed by atoms with E-state index < -0.39 is 8.07 Å². The zero-order valence-electron chi connectivity index (χ0n) is 8.15. The molecule has 68 valence electrons. The van der Waals surface area contributed by atoms with Gasteiger partial charge >= 0.3 is 0 Å². The van der Waals surface area contributed by atoms with E-state index in [-0.39, 0.29) is 0 Å². The Hall–Kier alpha value is -1.16. The van der Waals surface area contributed by atoms with E-state index >= 15 is 0 Å². The maximum absolute atomic E-state index is 4.23. The van der Waals surface area contributed by atoms with Gasteiger partial charge in [0.1, 0.15) is 14.4 Å². The van der Waals surface area contributed by atoms with Gasteiger partial charge in [-0.25, -0.2) is 9.50 Å². The highest BCUT2D eigenvalue weighted by Gasteiger charge is 2.19. The highest BCUT2D eigenvalue weighted by molar-refractivity contribution is 6.88. The van der Waals surface area contributed by atoms with Gasteiger partial charge in [0.05, 0.1) is 0 Å². The van der Waals surface area contributed by atoms with E-state index in [1.54, 1.807) is 6.33 Å². The fourth-order valence-electron chi connectivity index (χ4n) is 1.41. The van der Waals surface area contributed by atoms with Crippen LogP contribution in [0.5, 0.6) is 0 Å². The Morgan fingerprint density at radius 2 is 2.00 bits per heavy atom. The van der Waals surface area contributed by atoms with Crippen LogP contribution in [-0.2, 0) is 0 Å². The zero-order chi connectivity index (χ0) is 9.47. The molecule has 0 radical (unpaired) electrons. The molecule has 0 aliphatic carbocycles. The SMILES string of the molecule is C[Si](C)(C)c1cccc2ncnn12. The molecule has 0 atom stereocenters. The van der Waals surface area contributed by atoms with E-state index in [9.17, 15) is 0 Å². The first-order chi connectivity index (χ1) is 6.09. The minimum absolute atomic E-state index is 0.944. The number of fused-ring (bicyclic) bond motifs is 1. The molecule has 2 heterocycles. The van der Waals surface area contributed by atoms with Gasteiger partial charge in [-0.15, -0.1) is 0 Å². The van der Waals surface area contributed by atoms with E-state index in [1.165, 1.54) is 5.32 Å². The van der Waals surface area contributed by atoms with Gasteiger partial charge in [-0.3, -0.25) is 0 Å². The predicted octanol–water partition coefficient (Wildman–Crippen LogP) is 1.27. The molecule has 3 nitrogen and oxygen atoms in total. The van der Waals surface area contributed by atoms with Crippen LogP contribution in [0.1, 0.15) is 0 Å². The summed E-state index contributed by atoms with van der Waals surface area (Å²) in [6.45, 7) is 6.93. The van der Waals surface area contributed by atoms with Gasteiger partial charge in [-0.05, 0) is 12.1 Å². The molecule has 0 saturated heterocycles. The zero-order valence-corrected chi connectivity index (χ0v) is 9.15. The van der Waals surface area contributed by atoms with E-state index in [4.69, 9.17) is 0 Å². The number of nitrogens with zero attached hydrogens (tertiary/aromatic N) is 3. The predicted molar refractivity (Wildman–Crippen MR) is 56.0 cm³/mol. The summed E-state index contributed by atoms with van der Waals surface area (Å²) >= 11 is 0. The molecule has 0 aromatic carbocycles. The Kier molecular flexibility index (Phi) is 1.73. The lowest BCUT2D eigenvalue weighted by Gasteiger charge is -2.16. The Morgan fingerprint density at radius 3 is 2.69 bits per heavy atom. The van der Waals surface area contributed by atoms with Gasteiger partial charge in [-0.2, -0.15) is 5.10 Å². The number of hydrogen-bond donors (Lipinski definition) is 0. The van der Waals surface area contributed by atoms with Gasteiger partial charge in [-0.1, -0.05) is 25.7 Å². The number of rotatable bonds is 1. The highest BCUT2D eigenvalue weighted by atomic mass is 28.3. The molecule has 2 aromatic heterocycles. The second kappa shape index (κ2) is 2.66. The number of hydrogen-bond acceptors (Lipinski definition) is 2. The molecular formula is C9H13N3Si. The normalized spacial score (nSPS) is 12.2. The second-order valence-electron chi connectivity index (χ2n) is 4.19. The summed E-state index contributed by atoms with van der Waals surface area (Å²) in [6.07, 6.45) is 1.61. The Labute approximate surface area is 78.4 Å². The van der Waals surface area contributed by atoms with Gasteiger partial charge < -0.3 is 0 Å². The smallest absolute Gasteiger partial charge is 0.155 e. The lowest BCUT2D eigenvalue weighted by atomic mass is 10.5. The van der Waals surface area contributed by atoms with Crippen LogP contribution in [0, 0.1) is 0 Å². The third-order valence-electron chi connectivity index (χ3n) is 2.07. The van der Waals surface area contributed by atoms with Crippen molar-refractivity contribution in [2.75, 3.05) is 0 Å². The molecule has 0 aliphatic rings. The molecule has 0 saturated carbocycles. The fraction of sp³-hybridized carbons (Fsp3) is 0.333. The van der Waals surface area contributed by atoms with Crippen molar-refractivity contribution in [2.24, 2.45) is 0 Å². The highest BCUT2D eigenvalue weighted by Crippen LogP contribution is 2.03. The van der Waals surface area contributed by atoms with Crippen LogP contribution >= 0.6 is 0 Å². The minimum Gasteiger partial charge on any atom is -0.222 e. The topological polar surface area (TPSA) is 30.2 Å². The van der Waals surface area contributed by atoms with E-state index in [1.807, 2.05) is 10.6 Å². The summed E-state index contributed by atoms with van der Waals surface area (Å²) in [5.41, 5.74) is 0.944. The van der Waals surface area contributed by atoms with Crippen LogP contribution in [-0.4, -0.2) is 22.7 Å². The summed E-state index contributed by atoms with van der Waals surface area (Å²) in [7, 11) is -1.30. The number of pyridine rings is 1. The third kappa shape index (κ3) is 1.37. The van der Waals surface area contributed by atoms with Crippen molar-refractivity contribution in [3.63, 3.8) is 0 Å². The van der Waals surface area contributed by atoms with Crippen molar-refractivity contribution >= 4 is 19.0 Å². The molecule has 0 N–H and O–H groups in total. The quantitative estimate of drug-likeness (QED) is 0.636. The molecule has 4 heteroatoms. The summed E-state index contributed by atoms with van der Waals surface area (Å²) in [5.74, 6) is 0.